The van der Waals surface area contributed by atoms with Crippen molar-refractivity contribution in [1.29, 1.82) is 0 Å². The average molecular weight is 336 g/mol. The molecule has 4 rings (SSSR count). The van der Waals surface area contributed by atoms with Gasteiger partial charge in [0.15, 0.2) is 17.8 Å². The Balaban J connectivity index is 1.63. The number of aromatic nitrogens is 1. The molecule has 2 fully saturated rings. The van der Waals surface area contributed by atoms with E-state index < -0.39 is 0 Å². The smallest absolute Gasteiger partial charge is 0.276 e. The summed E-state index contributed by atoms with van der Waals surface area (Å²) in [7, 11) is 0. The van der Waals surface area contributed by atoms with Gasteiger partial charge in [0.2, 0.25) is 0 Å². The van der Waals surface area contributed by atoms with E-state index in [0.29, 0.717) is 16.7 Å². The van der Waals surface area contributed by atoms with Crippen LogP contribution in [0.5, 0.6) is 0 Å². The first-order valence-electron chi connectivity index (χ1n) is 7.32. The zero-order chi connectivity index (χ0) is 14.9. The van der Waals surface area contributed by atoms with Crippen LogP contribution >= 0.6 is 23.1 Å². The largest absolute Gasteiger partial charge is 0.442 e. The normalized spacial score (nSPS) is 25.0. The van der Waals surface area contributed by atoms with E-state index in [-0.39, 0.29) is 11.9 Å². The fourth-order valence-corrected chi connectivity index (χ4v) is 5.07. The number of hydrogen-bond acceptors (Lipinski definition) is 6. The number of oxazole rings is 1. The molecule has 0 saturated carbocycles. The third-order valence-corrected chi connectivity index (χ3v) is 6.27. The molecular formula is C15H16N2O3S2. The highest BCUT2D eigenvalue weighted by molar-refractivity contribution is 8.00. The standard InChI is InChI=1S/C15H16N2O3S2/c18-15(13-14(20-9-16-13)11-2-1-6-21-11)17-4-7-22-12-8-19-5-3-10(12)17/h1-2,6,9-10,12H,3-5,7-8H2. The number of thiophene rings is 1. The third kappa shape index (κ3) is 2.47. The van der Waals surface area contributed by atoms with Crippen LogP contribution in [0.4, 0.5) is 0 Å². The predicted octanol–water partition coefficient (Wildman–Crippen LogP) is 2.75. The fourth-order valence-electron chi connectivity index (χ4n) is 3.05. The Bertz CT molecular complexity index is 654. The second kappa shape index (κ2) is 6.06. The molecule has 116 valence electrons. The van der Waals surface area contributed by atoms with Crippen LogP contribution in [0.3, 0.4) is 0 Å². The first-order valence-corrected chi connectivity index (χ1v) is 9.25. The van der Waals surface area contributed by atoms with Crippen LogP contribution in [0, 0.1) is 0 Å². The van der Waals surface area contributed by atoms with Crippen LogP contribution in [0.2, 0.25) is 0 Å². The molecule has 4 heterocycles. The SMILES string of the molecule is O=C(c1ncoc1-c1cccs1)N1CCSC2COCCC21. The quantitative estimate of drug-likeness (QED) is 0.844. The Morgan fingerprint density at radius 2 is 2.41 bits per heavy atom. The van der Waals surface area contributed by atoms with Gasteiger partial charge in [0.1, 0.15) is 0 Å². The van der Waals surface area contributed by atoms with Gasteiger partial charge < -0.3 is 14.1 Å². The minimum atomic E-state index is -0.0191. The molecule has 2 atom stereocenters. The lowest BCUT2D eigenvalue weighted by molar-refractivity contribution is 0.0316. The van der Waals surface area contributed by atoms with Crippen molar-refractivity contribution in [3.8, 4) is 10.6 Å². The summed E-state index contributed by atoms with van der Waals surface area (Å²) >= 11 is 3.46. The van der Waals surface area contributed by atoms with Gasteiger partial charge in [-0.2, -0.15) is 11.8 Å². The highest BCUT2D eigenvalue weighted by atomic mass is 32.2. The van der Waals surface area contributed by atoms with Crippen LogP contribution in [-0.4, -0.2) is 52.6 Å². The number of ether oxygens (including phenoxy) is 1. The number of fused-ring (bicyclic) bond motifs is 1. The van der Waals surface area contributed by atoms with Gasteiger partial charge in [0, 0.05) is 30.2 Å². The Hall–Kier alpha value is -1.31. The highest BCUT2D eigenvalue weighted by Crippen LogP contribution is 2.33. The summed E-state index contributed by atoms with van der Waals surface area (Å²) in [5, 5.41) is 2.35. The van der Waals surface area contributed by atoms with Gasteiger partial charge in [0.05, 0.1) is 11.5 Å². The average Bonchev–Trinajstić information content (AvgIpc) is 3.24. The van der Waals surface area contributed by atoms with Crippen molar-refractivity contribution in [2.75, 3.05) is 25.5 Å². The number of nitrogens with zero attached hydrogens (tertiary/aromatic N) is 2. The second-order valence-electron chi connectivity index (χ2n) is 5.35. The molecule has 22 heavy (non-hydrogen) atoms. The molecule has 0 bridgehead atoms. The lowest BCUT2D eigenvalue weighted by Crippen LogP contribution is -2.54. The molecule has 2 aliphatic heterocycles. The zero-order valence-corrected chi connectivity index (χ0v) is 13.6. The molecule has 2 unspecified atom stereocenters. The predicted molar refractivity (Wildman–Crippen MR) is 86.3 cm³/mol. The maximum Gasteiger partial charge on any atom is 0.276 e. The molecule has 0 aromatic carbocycles. The summed E-state index contributed by atoms with van der Waals surface area (Å²) in [5.41, 5.74) is 0.430. The molecule has 2 saturated heterocycles. The van der Waals surface area contributed by atoms with Crippen molar-refractivity contribution in [3.63, 3.8) is 0 Å². The molecular weight excluding hydrogens is 320 g/mol. The van der Waals surface area contributed by atoms with Gasteiger partial charge in [0.25, 0.3) is 5.91 Å². The van der Waals surface area contributed by atoms with Crippen LogP contribution in [0.25, 0.3) is 10.6 Å². The van der Waals surface area contributed by atoms with E-state index in [4.69, 9.17) is 9.15 Å². The van der Waals surface area contributed by atoms with Gasteiger partial charge in [-0.3, -0.25) is 4.79 Å². The molecule has 5 nitrogen and oxygen atoms in total. The Labute approximate surface area is 136 Å². The zero-order valence-electron chi connectivity index (χ0n) is 11.9. The summed E-state index contributed by atoms with van der Waals surface area (Å²) < 4.78 is 11.0. The Morgan fingerprint density at radius 1 is 1.45 bits per heavy atom. The number of amides is 1. The van der Waals surface area contributed by atoms with E-state index in [0.717, 1.165) is 36.8 Å². The van der Waals surface area contributed by atoms with E-state index in [1.54, 1.807) is 11.3 Å². The molecule has 2 aromatic rings. The van der Waals surface area contributed by atoms with E-state index >= 15 is 0 Å². The van der Waals surface area contributed by atoms with E-state index in [2.05, 4.69) is 4.98 Å². The highest BCUT2D eigenvalue weighted by Gasteiger charge is 2.38. The summed E-state index contributed by atoms with van der Waals surface area (Å²) in [6.45, 7) is 2.22. The van der Waals surface area contributed by atoms with Crippen molar-refractivity contribution in [2.45, 2.75) is 17.7 Å². The maximum absolute atomic E-state index is 13.0. The number of hydrogen-bond donors (Lipinski definition) is 0. The lowest BCUT2D eigenvalue weighted by atomic mass is 10.1. The second-order valence-corrected chi connectivity index (χ2v) is 7.64. The van der Waals surface area contributed by atoms with Crippen LogP contribution < -0.4 is 0 Å². The van der Waals surface area contributed by atoms with Crippen molar-refractivity contribution < 1.29 is 13.9 Å². The topological polar surface area (TPSA) is 55.6 Å². The monoisotopic (exact) mass is 336 g/mol. The molecule has 1 amide bonds. The number of carbonyl (C=O) groups is 1. The van der Waals surface area contributed by atoms with E-state index in [1.165, 1.54) is 6.39 Å². The van der Waals surface area contributed by atoms with E-state index in [9.17, 15) is 4.79 Å². The van der Waals surface area contributed by atoms with E-state index in [1.807, 2.05) is 34.2 Å². The Kier molecular flexibility index (Phi) is 3.94. The lowest BCUT2D eigenvalue weighted by Gasteiger charge is -2.43. The maximum atomic E-state index is 13.0. The van der Waals surface area contributed by atoms with Crippen molar-refractivity contribution in [3.05, 3.63) is 29.6 Å². The summed E-state index contributed by atoms with van der Waals surface area (Å²) in [6, 6.07) is 4.14. The van der Waals surface area contributed by atoms with Crippen molar-refractivity contribution >= 4 is 29.0 Å². The minimum absolute atomic E-state index is 0.0191. The van der Waals surface area contributed by atoms with Crippen molar-refractivity contribution in [1.82, 2.24) is 9.88 Å². The third-order valence-electron chi connectivity index (χ3n) is 4.11. The van der Waals surface area contributed by atoms with Gasteiger partial charge in [-0.25, -0.2) is 4.98 Å². The van der Waals surface area contributed by atoms with Gasteiger partial charge in [-0.05, 0) is 17.9 Å². The molecule has 0 N–H and O–H groups in total. The number of carbonyl (C=O) groups excluding carboxylic acids is 1. The van der Waals surface area contributed by atoms with Gasteiger partial charge >= 0.3 is 0 Å². The number of rotatable bonds is 2. The van der Waals surface area contributed by atoms with Gasteiger partial charge in [-0.15, -0.1) is 11.3 Å². The molecule has 0 spiro atoms. The molecule has 7 heteroatoms. The summed E-state index contributed by atoms with van der Waals surface area (Å²) in [5.74, 6) is 1.51. The molecule has 0 aliphatic carbocycles. The molecule has 2 aliphatic rings. The fraction of sp³-hybridized carbons (Fsp3) is 0.467. The molecule has 2 aromatic heterocycles. The summed E-state index contributed by atoms with van der Waals surface area (Å²) in [6.07, 6.45) is 2.26. The first kappa shape index (κ1) is 14.3. The van der Waals surface area contributed by atoms with Gasteiger partial charge in [-0.1, -0.05) is 6.07 Å². The molecule has 0 radical (unpaired) electrons. The van der Waals surface area contributed by atoms with Crippen LogP contribution in [0.15, 0.2) is 28.3 Å². The Morgan fingerprint density at radius 3 is 3.27 bits per heavy atom. The minimum Gasteiger partial charge on any atom is -0.442 e. The first-order chi connectivity index (χ1) is 10.8. The number of thioether (sulfide) groups is 1. The van der Waals surface area contributed by atoms with Crippen molar-refractivity contribution in [2.24, 2.45) is 0 Å². The summed E-state index contributed by atoms with van der Waals surface area (Å²) in [4.78, 5) is 20.1. The van der Waals surface area contributed by atoms with Crippen LogP contribution in [-0.2, 0) is 4.74 Å². The van der Waals surface area contributed by atoms with Crippen LogP contribution in [0.1, 0.15) is 16.9 Å².